The summed E-state index contributed by atoms with van der Waals surface area (Å²) < 4.78 is 15.7. The molecule has 3 atom stereocenters. The number of rotatable bonds is 12. The second kappa shape index (κ2) is 12.7. The van der Waals surface area contributed by atoms with Crippen LogP contribution in [0.5, 0.6) is 0 Å². The van der Waals surface area contributed by atoms with Gasteiger partial charge in [-0.15, -0.1) is 0 Å². The Morgan fingerprint density at radius 1 is 0.892 bits per heavy atom. The van der Waals surface area contributed by atoms with Crippen LogP contribution in [-0.4, -0.2) is 36.4 Å². The van der Waals surface area contributed by atoms with Gasteiger partial charge < -0.3 is 19.3 Å². The minimum atomic E-state index is -1.00. The molecule has 0 bridgehead atoms. The van der Waals surface area contributed by atoms with E-state index in [0.717, 1.165) is 27.1 Å². The molecular formula is C30H36O7. The topological polar surface area (TPSA) is 99.1 Å². The van der Waals surface area contributed by atoms with Gasteiger partial charge in [0.2, 0.25) is 0 Å². The highest BCUT2D eigenvalue weighted by Gasteiger charge is 2.39. The lowest BCUT2D eigenvalue weighted by atomic mass is 9.76. The Labute approximate surface area is 217 Å². The fourth-order valence-corrected chi connectivity index (χ4v) is 4.64. The van der Waals surface area contributed by atoms with Crippen LogP contribution in [0.3, 0.4) is 0 Å². The van der Waals surface area contributed by atoms with Crippen LogP contribution < -0.4 is 0 Å². The molecule has 0 fully saturated rings. The first-order chi connectivity index (χ1) is 17.7. The maximum atomic E-state index is 13.0. The Morgan fingerprint density at radius 3 is 2.22 bits per heavy atom. The highest BCUT2D eigenvalue weighted by Crippen LogP contribution is 2.35. The van der Waals surface area contributed by atoms with Gasteiger partial charge in [-0.05, 0) is 72.4 Å². The summed E-state index contributed by atoms with van der Waals surface area (Å²) in [6.45, 7) is 6.48. The molecule has 1 N–H and O–H groups in total. The molecule has 3 aromatic carbocycles. The molecule has 3 rings (SSSR count). The van der Waals surface area contributed by atoms with E-state index in [1.807, 2.05) is 37.3 Å². The van der Waals surface area contributed by atoms with E-state index in [2.05, 4.69) is 24.3 Å². The average Bonchev–Trinajstić information content (AvgIpc) is 2.90. The minimum Gasteiger partial charge on any atom is -0.466 e. The summed E-state index contributed by atoms with van der Waals surface area (Å²) in [4.78, 5) is 38.1. The van der Waals surface area contributed by atoms with Crippen molar-refractivity contribution in [3.8, 4) is 0 Å². The van der Waals surface area contributed by atoms with Crippen molar-refractivity contribution in [2.24, 2.45) is 17.3 Å². The van der Waals surface area contributed by atoms with Crippen LogP contribution in [-0.2, 0) is 35.2 Å². The molecule has 0 saturated heterocycles. The summed E-state index contributed by atoms with van der Waals surface area (Å²) in [6, 6.07) is 18.3. The van der Waals surface area contributed by atoms with E-state index in [0.29, 0.717) is 6.42 Å². The van der Waals surface area contributed by atoms with E-state index in [9.17, 15) is 14.4 Å². The highest BCUT2D eigenvalue weighted by molar-refractivity contribution is 5.99. The Hall–Kier alpha value is -3.45. The van der Waals surface area contributed by atoms with Crippen molar-refractivity contribution in [2.45, 2.75) is 53.6 Å². The van der Waals surface area contributed by atoms with E-state index < -0.39 is 42.0 Å². The molecule has 0 aliphatic heterocycles. The van der Waals surface area contributed by atoms with Crippen molar-refractivity contribution in [1.82, 2.24) is 0 Å². The van der Waals surface area contributed by atoms with Crippen LogP contribution in [0.1, 0.15) is 52.5 Å². The van der Waals surface area contributed by atoms with Gasteiger partial charge in [0.1, 0.15) is 6.61 Å². The van der Waals surface area contributed by atoms with E-state index >= 15 is 0 Å². The van der Waals surface area contributed by atoms with Gasteiger partial charge in [0, 0.05) is 0 Å². The summed E-state index contributed by atoms with van der Waals surface area (Å²) in [5.74, 6) is -2.80. The fraction of sp³-hybridized carbons (Fsp3) is 0.433. The van der Waals surface area contributed by atoms with Gasteiger partial charge in [-0.25, -0.2) is 0 Å². The first kappa shape index (κ1) is 28.1. The number of hydrogen-bond donors (Lipinski definition) is 1. The Morgan fingerprint density at radius 2 is 1.57 bits per heavy atom. The van der Waals surface area contributed by atoms with Gasteiger partial charge in [-0.2, -0.15) is 0 Å². The van der Waals surface area contributed by atoms with Gasteiger partial charge in [0.25, 0.3) is 0 Å². The first-order valence-electron chi connectivity index (χ1n) is 12.7. The smallest absolute Gasteiger partial charge is 0.313 e. The summed E-state index contributed by atoms with van der Waals surface area (Å²) in [7, 11) is 0. The average molecular weight is 509 g/mol. The van der Waals surface area contributed by atoms with Crippen LogP contribution in [0.25, 0.3) is 21.5 Å². The number of carbonyl (C=O) groups excluding carboxylic acids is 3. The van der Waals surface area contributed by atoms with Gasteiger partial charge >= 0.3 is 17.9 Å². The summed E-state index contributed by atoms with van der Waals surface area (Å²) in [5, 5.41) is 13.4. The normalized spacial score (nSPS) is 14.5. The lowest BCUT2D eigenvalue weighted by Gasteiger charge is -2.30. The summed E-state index contributed by atoms with van der Waals surface area (Å²) >= 11 is 0. The zero-order chi connectivity index (χ0) is 27.0. The molecule has 3 unspecified atom stereocenters. The lowest BCUT2D eigenvalue weighted by molar-refractivity contribution is -0.166. The number of esters is 3. The van der Waals surface area contributed by atoms with Crippen LogP contribution in [0, 0.1) is 17.3 Å². The van der Waals surface area contributed by atoms with Gasteiger partial charge in [0.15, 0.2) is 6.79 Å². The van der Waals surface area contributed by atoms with Crippen molar-refractivity contribution >= 4 is 39.5 Å². The van der Waals surface area contributed by atoms with E-state index in [1.54, 1.807) is 20.8 Å². The van der Waals surface area contributed by atoms with Crippen molar-refractivity contribution in [1.29, 1.82) is 0 Å². The Kier molecular flexibility index (Phi) is 9.64. The molecule has 7 heteroatoms. The van der Waals surface area contributed by atoms with Crippen molar-refractivity contribution in [3.63, 3.8) is 0 Å². The fourth-order valence-electron chi connectivity index (χ4n) is 4.64. The van der Waals surface area contributed by atoms with E-state index in [-0.39, 0.29) is 26.1 Å². The molecule has 0 radical (unpaired) electrons. The second-order valence-electron chi connectivity index (χ2n) is 9.71. The van der Waals surface area contributed by atoms with Gasteiger partial charge in [-0.3, -0.25) is 14.4 Å². The second-order valence-corrected chi connectivity index (χ2v) is 9.71. The van der Waals surface area contributed by atoms with E-state index in [1.165, 1.54) is 0 Å². The van der Waals surface area contributed by atoms with E-state index in [4.69, 9.17) is 19.3 Å². The number of carbonyl (C=O) groups is 3. The van der Waals surface area contributed by atoms with Gasteiger partial charge in [0.05, 0.1) is 23.9 Å². The number of hydrogen-bond acceptors (Lipinski definition) is 7. The quantitative estimate of drug-likeness (QED) is 0.148. The molecular weight excluding hydrogens is 472 g/mol. The number of fused-ring (bicyclic) bond motifs is 2. The van der Waals surface area contributed by atoms with Crippen LogP contribution in [0.15, 0.2) is 54.6 Å². The predicted octanol–water partition coefficient (Wildman–Crippen LogP) is 5.54. The van der Waals surface area contributed by atoms with Crippen LogP contribution >= 0.6 is 0 Å². The summed E-state index contributed by atoms with van der Waals surface area (Å²) in [5.41, 5.74) is -0.105. The Bertz CT molecular complexity index is 1250. The molecule has 0 saturated carbocycles. The molecule has 0 aliphatic carbocycles. The van der Waals surface area contributed by atoms with Gasteiger partial charge in [-0.1, -0.05) is 56.3 Å². The molecule has 0 heterocycles. The standard InChI is InChI=1S/C30H36O7/c1-5-30(4,29(34)37-19-31)17-25(28(33)35-6-2)14-20(3)27(32)36-18-24-13-9-12-23-15-21-10-7-8-11-22(21)16-26(23)24/h7-13,15-16,20,25,31H,5-6,14,17-19H2,1-4H3. The SMILES string of the molecule is CCOC(=O)C(CC(C)C(=O)OCc1cccc2cc3ccccc3cc12)CC(C)(CC)C(=O)OCO. The number of aliphatic hydroxyl groups is 1. The minimum absolute atomic E-state index is 0.110. The maximum absolute atomic E-state index is 13.0. The molecule has 37 heavy (non-hydrogen) atoms. The third-order valence-corrected chi connectivity index (χ3v) is 7.03. The van der Waals surface area contributed by atoms with Crippen molar-refractivity contribution in [2.75, 3.05) is 13.4 Å². The van der Waals surface area contributed by atoms with Crippen molar-refractivity contribution < 1.29 is 33.7 Å². The van der Waals surface area contributed by atoms with Crippen molar-refractivity contribution in [3.05, 3.63) is 60.2 Å². The largest absolute Gasteiger partial charge is 0.466 e. The lowest BCUT2D eigenvalue weighted by Crippen LogP contribution is -2.35. The van der Waals surface area contributed by atoms with Crippen LogP contribution in [0.2, 0.25) is 0 Å². The predicted molar refractivity (Wildman–Crippen MR) is 141 cm³/mol. The summed E-state index contributed by atoms with van der Waals surface area (Å²) in [6.07, 6.45) is 0.700. The number of benzene rings is 3. The molecule has 0 aromatic heterocycles. The third-order valence-electron chi connectivity index (χ3n) is 7.03. The number of aliphatic hydroxyl groups excluding tert-OH is 1. The Balaban J connectivity index is 1.72. The molecule has 3 aromatic rings. The molecule has 0 spiro atoms. The maximum Gasteiger partial charge on any atom is 0.313 e. The zero-order valence-corrected chi connectivity index (χ0v) is 22.0. The molecule has 198 valence electrons. The molecule has 0 aliphatic rings. The number of ether oxygens (including phenoxy) is 3. The third kappa shape index (κ3) is 6.86. The monoisotopic (exact) mass is 508 g/mol. The zero-order valence-electron chi connectivity index (χ0n) is 22.0. The first-order valence-corrected chi connectivity index (χ1v) is 12.7. The molecule has 0 amide bonds. The van der Waals surface area contributed by atoms with Crippen LogP contribution in [0.4, 0.5) is 0 Å². The molecule has 7 nitrogen and oxygen atoms in total. The highest BCUT2D eigenvalue weighted by atomic mass is 16.6.